The number of likely N-dealkylation sites (tertiary alicyclic amines) is 1. The third-order valence-electron chi connectivity index (χ3n) is 3.39. The van der Waals surface area contributed by atoms with E-state index >= 15 is 0 Å². The first-order valence-electron chi connectivity index (χ1n) is 6.28. The van der Waals surface area contributed by atoms with Crippen molar-refractivity contribution in [3.8, 4) is 0 Å². The fraction of sp³-hybridized carbons (Fsp3) is 0.500. The van der Waals surface area contributed by atoms with Crippen molar-refractivity contribution in [1.82, 2.24) is 4.90 Å². The molecule has 1 heterocycles. The van der Waals surface area contributed by atoms with Crippen LogP contribution in [-0.2, 0) is 4.79 Å². The summed E-state index contributed by atoms with van der Waals surface area (Å²) in [5.74, 6) is 0.540. The highest BCUT2D eigenvalue weighted by molar-refractivity contribution is 5.81. The molecule has 1 unspecified atom stereocenters. The number of carbonyl (C=O) groups is 1. The van der Waals surface area contributed by atoms with E-state index < -0.39 is 0 Å². The minimum atomic E-state index is -0.385. The quantitative estimate of drug-likeness (QED) is 0.844. The standard InChI is InChI=1S/C14H20N2O/c1-11(15)14(17)16-9-5-8-13(10-16)12-6-3-2-4-7-12/h2-4,6-7,11,13H,5,8-10,15H2,1H3/t11-,13?/m0/s1. The van der Waals surface area contributed by atoms with Gasteiger partial charge in [-0.3, -0.25) is 4.79 Å². The summed E-state index contributed by atoms with van der Waals surface area (Å²) in [5, 5.41) is 0. The Morgan fingerprint density at radius 3 is 2.76 bits per heavy atom. The van der Waals surface area contributed by atoms with E-state index in [1.54, 1.807) is 6.92 Å². The van der Waals surface area contributed by atoms with Gasteiger partial charge >= 0.3 is 0 Å². The SMILES string of the molecule is C[C@H](N)C(=O)N1CCCC(c2ccccc2)C1. The fourth-order valence-corrected chi connectivity index (χ4v) is 2.46. The first kappa shape index (κ1) is 12.1. The Morgan fingerprint density at radius 1 is 1.41 bits per heavy atom. The van der Waals surface area contributed by atoms with Crippen molar-refractivity contribution in [3.63, 3.8) is 0 Å². The molecule has 1 fully saturated rings. The maximum Gasteiger partial charge on any atom is 0.239 e. The van der Waals surface area contributed by atoms with Crippen LogP contribution in [0, 0.1) is 0 Å². The topological polar surface area (TPSA) is 46.3 Å². The predicted molar refractivity (Wildman–Crippen MR) is 68.6 cm³/mol. The zero-order chi connectivity index (χ0) is 12.3. The molecule has 0 aromatic heterocycles. The van der Waals surface area contributed by atoms with Crippen molar-refractivity contribution in [3.05, 3.63) is 35.9 Å². The van der Waals surface area contributed by atoms with Gasteiger partial charge in [-0.1, -0.05) is 30.3 Å². The highest BCUT2D eigenvalue weighted by Crippen LogP contribution is 2.26. The number of carbonyl (C=O) groups excluding carboxylic acids is 1. The van der Waals surface area contributed by atoms with Crippen LogP contribution in [0.3, 0.4) is 0 Å². The van der Waals surface area contributed by atoms with Crippen LogP contribution in [0.4, 0.5) is 0 Å². The molecular weight excluding hydrogens is 212 g/mol. The van der Waals surface area contributed by atoms with Crippen LogP contribution in [0.5, 0.6) is 0 Å². The van der Waals surface area contributed by atoms with Gasteiger partial charge in [-0.05, 0) is 25.3 Å². The van der Waals surface area contributed by atoms with Gasteiger partial charge in [-0.15, -0.1) is 0 Å². The van der Waals surface area contributed by atoms with Crippen molar-refractivity contribution in [2.24, 2.45) is 5.73 Å². The first-order chi connectivity index (χ1) is 8.18. The van der Waals surface area contributed by atoms with Crippen LogP contribution < -0.4 is 5.73 Å². The Balaban J connectivity index is 2.05. The minimum absolute atomic E-state index is 0.0747. The predicted octanol–water partition coefficient (Wildman–Crippen LogP) is 1.74. The summed E-state index contributed by atoms with van der Waals surface area (Å²) < 4.78 is 0. The molecule has 17 heavy (non-hydrogen) atoms. The second kappa shape index (κ2) is 5.32. The van der Waals surface area contributed by atoms with E-state index in [2.05, 4.69) is 24.3 Å². The Morgan fingerprint density at radius 2 is 2.12 bits per heavy atom. The zero-order valence-electron chi connectivity index (χ0n) is 10.3. The minimum Gasteiger partial charge on any atom is -0.341 e. The molecule has 92 valence electrons. The second-order valence-corrected chi connectivity index (χ2v) is 4.82. The first-order valence-corrected chi connectivity index (χ1v) is 6.28. The average Bonchev–Trinajstić information content (AvgIpc) is 2.39. The molecule has 1 aromatic rings. The molecule has 0 saturated carbocycles. The van der Waals surface area contributed by atoms with Crippen LogP contribution in [0.15, 0.2) is 30.3 Å². The fourth-order valence-electron chi connectivity index (χ4n) is 2.46. The molecule has 3 nitrogen and oxygen atoms in total. The van der Waals surface area contributed by atoms with E-state index in [-0.39, 0.29) is 11.9 Å². The Labute approximate surface area is 103 Å². The maximum absolute atomic E-state index is 11.9. The van der Waals surface area contributed by atoms with Gasteiger partial charge in [0.05, 0.1) is 6.04 Å². The van der Waals surface area contributed by atoms with Gasteiger partial charge in [-0.25, -0.2) is 0 Å². The van der Waals surface area contributed by atoms with E-state index in [9.17, 15) is 4.79 Å². The highest BCUT2D eigenvalue weighted by atomic mass is 16.2. The molecule has 1 amide bonds. The summed E-state index contributed by atoms with van der Waals surface area (Å²) in [7, 11) is 0. The monoisotopic (exact) mass is 232 g/mol. The molecular formula is C14H20N2O. The van der Waals surface area contributed by atoms with Crippen molar-refractivity contribution in [1.29, 1.82) is 0 Å². The van der Waals surface area contributed by atoms with E-state index in [1.807, 2.05) is 11.0 Å². The Kier molecular flexibility index (Phi) is 3.79. The number of hydrogen-bond donors (Lipinski definition) is 1. The van der Waals surface area contributed by atoms with Crippen molar-refractivity contribution in [2.75, 3.05) is 13.1 Å². The Hall–Kier alpha value is -1.35. The molecule has 1 saturated heterocycles. The van der Waals surface area contributed by atoms with Crippen LogP contribution in [0.2, 0.25) is 0 Å². The lowest BCUT2D eigenvalue weighted by Gasteiger charge is -2.34. The smallest absolute Gasteiger partial charge is 0.239 e. The van der Waals surface area contributed by atoms with Crippen LogP contribution in [0.1, 0.15) is 31.2 Å². The number of nitrogens with two attached hydrogens (primary N) is 1. The summed E-state index contributed by atoms with van der Waals surface area (Å²) in [4.78, 5) is 13.8. The van der Waals surface area contributed by atoms with E-state index in [0.717, 1.165) is 25.9 Å². The third kappa shape index (κ3) is 2.86. The second-order valence-electron chi connectivity index (χ2n) is 4.82. The summed E-state index contributed by atoms with van der Waals surface area (Å²) in [6, 6.07) is 10.0. The number of nitrogens with zero attached hydrogens (tertiary/aromatic N) is 1. The van der Waals surface area contributed by atoms with Gasteiger partial charge in [0, 0.05) is 19.0 Å². The van der Waals surface area contributed by atoms with Crippen LogP contribution in [0.25, 0.3) is 0 Å². The summed E-state index contributed by atoms with van der Waals surface area (Å²) in [6.07, 6.45) is 2.23. The number of amides is 1. The molecule has 1 aromatic carbocycles. The summed E-state index contributed by atoms with van der Waals surface area (Å²) >= 11 is 0. The summed E-state index contributed by atoms with van der Waals surface area (Å²) in [6.45, 7) is 3.42. The van der Waals surface area contributed by atoms with Gasteiger partial charge in [0.15, 0.2) is 0 Å². The summed E-state index contributed by atoms with van der Waals surface area (Å²) in [5.41, 5.74) is 6.99. The molecule has 2 rings (SSSR count). The lowest BCUT2D eigenvalue weighted by atomic mass is 9.90. The molecule has 0 radical (unpaired) electrons. The molecule has 3 heteroatoms. The average molecular weight is 232 g/mol. The van der Waals surface area contributed by atoms with Crippen LogP contribution >= 0.6 is 0 Å². The highest BCUT2D eigenvalue weighted by Gasteiger charge is 2.25. The van der Waals surface area contributed by atoms with E-state index in [1.165, 1.54) is 5.56 Å². The van der Waals surface area contributed by atoms with E-state index in [0.29, 0.717) is 5.92 Å². The molecule has 0 bridgehead atoms. The van der Waals surface area contributed by atoms with Crippen molar-refractivity contribution in [2.45, 2.75) is 31.7 Å². The lowest BCUT2D eigenvalue weighted by Crippen LogP contribution is -2.46. The number of hydrogen-bond acceptors (Lipinski definition) is 2. The van der Waals surface area contributed by atoms with Gasteiger partial charge in [0.25, 0.3) is 0 Å². The van der Waals surface area contributed by atoms with Gasteiger partial charge < -0.3 is 10.6 Å². The third-order valence-corrected chi connectivity index (χ3v) is 3.39. The van der Waals surface area contributed by atoms with Crippen molar-refractivity contribution >= 4 is 5.91 Å². The lowest BCUT2D eigenvalue weighted by molar-refractivity contribution is -0.133. The van der Waals surface area contributed by atoms with Crippen molar-refractivity contribution < 1.29 is 4.79 Å². The zero-order valence-corrected chi connectivity index (χ0v) is 10.3. The maximum atomic E-state index is 11.9. The van der Waals surface area contributed by atoms with Gasteiger partial charge in [0.2, 0.25) is 5.91 Å². The molecule has 0 aliphatic carbocycles. The van der Waals surface area contributed by atoms with Crippen LogP contribution in [-0.4, -0.2) is 29.9 Å². The molecule has 2 N–H and O–H groups in total. The number of piperidine rings is 1. The van der Waals surface area contributed by atoms with Gasteiger partial charge in [0.1, 0.15) is 0 Å². The number of benzene rings is 1. The van der Waals surface area contributed by atoms with Gasteiger partial charge in [-0.2, -0.15) is 0 Å². The van der Waals surface area contributed by atoms with E-state index in [4.69, 9.17) is 5.73 Å². The molecule has 1 aliphatic heterocycles. The molecule has 1 aliphatic rings. The number of rotatable bonds is 2. The normalized spacial score (nSPS) is 22.2. The Bertz CT molecular complexity index is 375. The molecule has 0 spiro atoms. The molecule has 2 atom stereocenters. The largest absolute Gasteiger partial charge is 0.341 e.